The van der Waals surface area contributed by atoms with Gasteiger partial charge in [0.15, 0.2) is 0 Å². The van der Waals surface area contributed by atoms with Crippen LogP contribution in [-0.2, 0) is 11.2 Å². The Bertz CT molecular complexity index is 792. The van der Waals surface area contributed by atoms with Gasteiger partial charge in [-0.25, -0.2) is 0 Å². The van der Waals surface area contributed by atoms with Crippen LogP contribution in [0.25, 0.3) is 0 Å². The van der Waals surface area contributed by atoms with Crippen LogP contribution in [0.1, 0.15) is 38.2 Å². The van der Waals surface area contributed by atoms with Gasteiger partial charge in [-0.1, -0.05) is 12.8 Å². The summed E-state index contributed by atoms with van der Waals surface area (Å²) in [6.45, 7) is 5.23. The van der Waals surface area contributed by atoms with Crippen molar-refractivity contribution < 1.29 is 4.74 Å². The lowest BCUT2D eigenvalue weighted by Gasteiger charge is -2.34. The molecule has 0 radical (unpaired) electrons. The molecule has 27 heavy (non-hydrogen) atoms. The van der Waals surface area contributed by atoms with Gasteiger partial charge >= 0.3 is 0 Å². The minimum atomic E-state index is -0.0762. The first-order valence-electron chi connectivity index (χ1n) is 9.94. The highest BCUT2D eigenvalue weighted by atomic mass is 32.1. The topological polar surface area (TPSA) is 61.5 Å². The number of morpholine rings is 1. The Morgan fingerprint density at radius 2 is 2.26 bits per heavy atom. The lowest BCUT2D eigenvalue weighted by Crippen LogP contribution is -2.43. The van der Waals surface area contributed by atoms with Crippen LogP contribution in [0.4, 0.5) is 11.8 Å². The molecule has 1 N–H and O–H groups in total. The molecule has 0 aromatic carbocycles. The molecule has 0 unspecified atom stereocenters. The van der Waals surface area contributed by atoms with Gasteiger partial charge in [0.2, 0.25) is 5.95 Å². The number of aromatic amines is 1. The second-order valence-electron chi connectivity index (χ2n) is 7.59. The third-order valence-electron chi connectivity index (χ3n) is 5.48. The average Bonchev–Trinajstić information content (AvgIpc) is 3.05. The summed E-state index contributed by atoms with van der Waals surface area (Å²) in [5.41, 5.74) is 1.30. The molecular weight excluding hydrogens is 360 g/mol. The molecule has 0 bridgehead atoms. The van der Waals surface area contributed by atoms with Crippen molar-refractivity contribution in [2.45, 2.75) is 51.2 Å². The second-order valence-corrected chi connectivity index (χ2v) is 8.37. The van der Waals surface area contributed by atoms with Gasteiger partial charge in [0.1, 0.15) is 5.82 Å². The van der Waals surface area contributed by atoms with Gasteiger partial charge in [-0.05, 0) is 48.6 Å². The fraction of sp³-hybridized carbons (Fsp3) is 0.600. The summed E-state index contributed by atoms with van der Waals surface area (Å²) in [7, 11) is 0. The van der Waals surface area contributed by atoms with Gasteiger partial charge < -0.3 is 14.5 Å². The summed E-state index contributed by atoms with van der Waals surface area (Å²) in [6, 6.07) is 4.20. The molecule has 2 fully saturated rings. The average molecular weight is 389 g/mol. The molecule has 2 aromatic rings. The van der Waals surface area contributed by atoms with E-state index in [9.17, 15) is 4.79 Å². The van der Waals surface area contributed by atoms with E-state index in [1.54, 1.807) is 17.4 Å². The van der Waals surface area contributed by atoms with E-state index < -0.39 is 0 Å². The normalized spacial score (nSPS) is 24.0. The van der Waals surface area contributed by atoms with E-state index in [4.69, 9.17) is 9.72 Å². The van der Waals surface area contributed by atoms with Crippen molar-refractivity contribution in [3.63, 3.8) is 0 Å². The van der Waals surface area contributed by atoms with Crippen LogP contribution in [0.2, 0.25) is 0 Å². The molecule has 2 aromatic heterocycles. The molecule has 7 heteroatoms. The Hall–Kier alpha value is -1.86. The molecule has 146 valence electrons. The summed E-state index contributed by atoms with van der Waals surface area (Å²) in [4.78, 5) is 24.8. The first-order valence-corrected chi connectivity index (χ1v) is 10.9. The Balaban J connectivity index is 1.61. The number of nitrogens with one attached hydrogen (secondary N) is 1. The zero-order chi connectivity index (χ0) is 18.6. The van der Waals surface area contributed by atoms with Gasteiger partial charge in [0.05, 0.1) is 12.7 Å². The second kappa shape index (κ2) is 8.44. The Morgan fingerprint density at radius 1 is 1.33 bits per heavy atom. The van der Waals surface area contributed by atoms with Crippen LogP contribution in [-0.4, -0.2) is 48.4 Å². The van der Waals surface area contributed by atoms with Crippen LogP contribution in [0.5, 0.6) is 0 Å². The summed E-state index contributed by atoms with van der Waals surface area (Å²) >= 11 is 1.74. The molecule has 6 nitrogen and oxygen atoms in total. The number of hydrogen-bond acceptors (Lipinski definition) is 6. The summed E-state index contributed by atoms with van der Waals surface area (Å²) in [6.07, 6.45) is 5.91. The monoisotopic (exact) mass is 388 g/mol. The fourth-order valence-corrected chi connectivity index (χ4v) is 4.79. The smallest absolute Gasteiger partial charge is 0.254 e. The van der Waals surface area contributed by atoms with Crippen molar-refractivity contribution >= 4 is 23.1 Å². The highest BCUT2D eigenvalue weighted by Gasteiger charge is 2.25. The Morgan fingerprint density at radius 3 is 3.07 bits per heavy atom. The van der Waals surface area contributed by atoms with E-state index in [0.29, 0.717) is 12.6 Å². The number of hydrogen-bond donors (Lipinski definition) is 1. The first kappa shape index (κ1) is 18.5. The summed E-state index contributed by atoms with van der Waals surface area (Å²) in [5.74, 6) is 1.49. The van der Waals surface area contributed by atoms with Crippen molar-refractivity contribution in [3.8, 4) is 0 Å². The molecule has 2 aliphatic rings. The SMILES string of the molecule is C[C@@H]1CN(c2cc(=O)[nH]c(N3CCCCC[C@H]3Cc3ccsc3)n2)CCO1. The van der Waals surface area contributed by atoms with Crippen molar-refractivity contribution in [1.29, 1.82) is 0 Å². The molecule has 0 aliphatic carbocycles. The summed E-state index contributed by atoms with van der Waals surface area (Å²) in [5, 5.41) is 4.36. The summed E-state index contributed by atoms with van der Waals surface area (Å²) < 4.78 is 5.63. The number of rotatable bonds is 4. The van der Waals surface area contributed by atoms with Gasteiger partial charge in [-0.15, -0.1) is 0 Å². The van der Waals surface area contributed by atoms with Gasteiger partial charge in [-0.3, -0.25) is 9.78 Å². The Kier molecular flexibility index (Phi) is 5.78. The lowest BCUT2D eigenvalue weighted by molar-refractivity contribution is 0.0529. The number of thiophene rings is 1. The molecule has 4 rings (SSSR count). The predicted octanol–water partition coefficient (Wildman–Crippen LogP) is 3.05. The first-order chi connectivity index (χ1) is 13.2. The number of H-pyrrole nitrogens is 1. The molecular formula is C20H28N4O2S. The standard InChI is InChI=1S/C20H28N4O2S/c1-15-13-23(8-9-26-15)18-12-19(25)22-20(21-18)24-7-4-2-3-5-17(24)11-16-6-10-27-14-16/h6,10,12,14-15,17H,2-5,7-9,11,13H2,1H3,(H,21,22,25)/t15-,17+/m1/s1. The van der Waals surface area contributed by atoms with Crippen molar-refractivity contribution in [1.82, 2.24) is 9.97 Å². The van der Waals surface area contributed by atoms with E-state index in [1.807, 2.05) is 0 Å². The lowest BCUT2D eigenvalue weighted by atomic mass is 10.0. The third kappa shape index (κ3) is 4.52. The van der Waals surface area contributed by atoms with Crippen molar-refractivity contribution in [2.24, 2.45) is 0 Å². The molecule has 0 amide bonds. The molecule has 0 saturated carbocycles. The molecule has 2 saturated heterocycles. The van der Waals surface area contributed by atoms with Crippen LogP contribution in [0.15, 0.2) is 27.7 Å². The fourth-order valence-electron chi connectivity index (χ4n) is 4.11. The zero-order valence-corrected chi connectivity index (χ0v) is 16.7. The van der Waals surface area contributed by atoms with Crippen LogP contribution < -0.4 is 15.4 Å². The van der Waals surface area contributed by atoms with E-state index in [1.165, 1.54) is 18.4 Å². The van der Waals surface area contributed by atoms with E-state index in [0.717, 1.165) is 50.7 Å². The van der Waals surface area contributed by atoms with E-state index >= 15 is 0 Å². The number of aromatic nitrogens is 2. The van der Waals surface area contributed by atoms with E-state index in [-0.39, 0.29) is 11.7 Å². The largest absolute Gasteiger partial charge is 0.375 e. The highest BCUT2D eigenvalue weighted by Crippen LogP contribution is 2.25. The number of ether oxygens (including phenoxy) is 1. The van der Waals surface area contributed by atoms with E-state index in [2.05, 4.69) is 38.5 Å². The highest BCUT2D eigenvalue weighted by molar-refractivity contribution is 7.07. The van der Waals surface area contributed by atoms with Gasteiger partial charge in [0.25, 0.3) is 5.56 Å². The zero-order valence-electron chi connectivity index (χ0n) is 15.9. The molecule has 4 heterocycles. The van der Waals surface area contributed by atoms with Crippen LogP contribution in [0.3, 0.4) is 0 Å². The number of nitrogens with zero attached hydrogens (tertiary/aromatic N) is 3. The minimum Gasteiger partial charge on any atom is -0.375 e. The minimum absolute atomic E-state index is 0.0762. The molecule has 2 aliphatic heterocycles. The van der Waals surface area contributed by atoms with Crippen molar-refractivity contribution in [3.05, 3.63) is 38.8 Å². The quantitative estimate of drug-likeness (QED) is 0.872. The maximum Gasteiger partial charge on any atom is 0.254 e. The van der Waals surface area contributed by atoms with Crippen molar-refractivity contribution in [2.75, 3.05) is 36.0 Å². The third-order valence-corrected chi connectivity index (χ3v) is 6.21. The maximum atomic E-state index is 12.4. The predicted molar refractivity (Wildman–Crippen MR) is 110 cm³/mol. The molecule has 0 spiro atoms. The molecule has 2 atom stereocenters. The van der Waals surface area contributed by atoms with Gasteiger partial charge in [0, 0.05) is 31.7 Å². The van der Waals surface area contributed by atoms with Gasteiger partial charge in [-0.2, -0.15) is 16.3 Å². The van der Waals surface area contributed by atoms with Crippen LogP contribution in [0, 0.1) is 0 Å². The maximum absolute atomic E-state index is 12.4. The number of anilines is 2. The Labute approximate surface area is 164 Å². The van der Waals surface area contributed by atoms with Crippen LogP contribution >= 0.6 is 11.3 Å².